The lowest BCUT2D eigenvalue weighted by molar-refractivity contribution is 1.08. The molecule has 0 bridgehead atoms. The molecule has 0 radical (unpaired) electrons. The third-order valence-corrected chi connectivity index (χ3v) is 5.51. The van der Waals surface area contributed by atoms with Gasteiger partial charge < -0.3 is 4.57 Å². The summed E-state index contributed by atoms with van der Waals surface area (Å²) in [5.41, 5.74) is 8.85. The van der Waals surface area contributed by atoms with Crippen molar-refractivity contribution < 1.29 is 0 Å². The van der Waals surface area contributed by atoms with Crippen molar-refractivity contribution in [3.05, 3.63) is 127 Å². The third kappa shape index (κ3) is 3.77. The highest BCUT2D eigenvalue weighted by molar-refractivity contribution is 5.83. The van der Waals surface area contributed by atoms with E-state index in [4.69, 9.17) is 5.26 Å². The van der Waals surface area contributed by atoms with Crippen molar-refractivity contribution in [1.82, 2.24) is 4.57 Å². The maximum Gasteiger partial charge on any atom is 0.0991 e. The quantitative estimate of drug-likeness (QED) is 0.312. The Balaban J connectivity index is 1.54. The van der Waals surface area contributed by atoms with Crippen molar-refractivity contribution in [3.63, 3.8) is 0 Å². The molecule has 0 N–H and O–H groups in total. The van der Waals surface area contributed by atoms with E-state index in [9.17, 15) is 0 Å². The Morgan fingerprint density at radius 2 is 0.935 bits per heavy atom. The second-order valence-electron chi connectivity index (χ2n) is 7.46. The number of nitrogens with zero attached hydrogens (tertiary/aromatic N) is 2. The number of aromatic nitrogens is 1. The molecule has 0 fully saturated rings. The van der Waals surface area contributed by atoms with Crippen LogP contribution in [0.3, 0.4) is 0 Å². The zero-order valence-electron chi connectivity index (χ0n) is 16.9. The van der Waals surface area contributed by atoms with Crippen LogP contribution in [-0.2, 0) is 0 Å². The molecule has 5 rings (SSSR count). The largest absolute Gasteiger partial charge is 0.323 e. The van der Waals surface area contributed by atoms with E-state index in [0.717, 1.165) is 16.8 Å². The Hall–Kier alpha value is -4.35. The van der Waals surface area contributed by atoms with Gasteiger partial charge in [-0.2, -0.15) is 5.26 Å². The van der Waals surface area contributed by atoms with Gasteiger partial charge in [-0.05, 0) is 46.5 Å². The Kier molecular flexibility index (Phi) is 4.92. The van der Waals surface area contributed by atoms with Crippen molar-refractivity contribution in [2.45, 2.75) is 0 Å². The predicted molar refractivity (Wildman–Crippen MR) is 127 cm³/mol. The van der Waals surface area contributed by atoms with Crippen LogP contribution in [0.4, 0.5) is 0 Å². The molecule has 0 saturated carbocycles. The number of hydrogen-bond donors (Lipinski definition) is 0. The zero-order valence-corrected chi connectivity index (χ0v) is 16.9. The van der Waals surface area contributed by atoms with Gasteiger partial charge in [-0.25, -0.2) is 0 Å². The Morgan fingerprint density at radius 3 is 1.39 bits per heavy atom. The maximum atomic E-state index is 9.00. The van der Waals surface area contributed by atoms with Crippen LogP contribution in [-0.4, -0.2) is 4.57 Å². The minimum absolute atomic E-state index is 0.676. The first-order valence-electron chi connectivity index (χ1n) is 10.3. The molecule has 146 valence electrons. The molecule has 0 atom stereocenters. The third-order valence-electron chi connectivity index (χ3n) is 5.51. The van der Waals surface area contributed by atoms with Crippen LogP contribution in [0.25, 0.3) is 39.1 Å². The number of nitriles is 1. The molecule has 4 aromatic carbocycles. The van der Waals surface area contributed by atoms with Crippen LogP contribution in [0.5, 0.6) is 0 Å². The van der Waals surface area contributed by atoms with Gasteiger partial charge in [0.05, 0.1) is 11.6 Å². The average molecular weight is 396 g/mol. The summed E-state index contributed by atoms with van der Waals surface area (Å²) in [5, 5.41) is 9.00. The summed E-state index contributed by atoms with van der Waals surface area (Å²) in [4.78, 5) is 0. The van der Waals surface area contributed by atoms with Gasteiger partial charge in [0.15, 0.2) is 0 Å². The highest BCUT2D eigenvalue weighted by atomic mass is 14.9. The Bertz CT molecular complexity index is 1280. The monoisotopic (exact) mass is 396 g/mol. The molecule has 0 aliphatic carbocycles. The molecule has 0 amide bonds. The summed E-state index contributed by atoms with van der Waals surface area (Å²) in [5.74, 6) is 0. The van der Waals surface area contributed by atoms with Gasteiger partial charge >= 0.3 is 0 Å². The van der Waals surface area contributed by atoms with Crippen LogP contribution in [0.1, 0.15) is 5.56 Å². The van der Waals surface area contributed by atoms with E-state index in [1.165, 1.54) is 22.3 Å². The fourth-order valence-corrected chi connectivity index (χ4v) is 3.86. The number of rotatable bonds is 4. The molecule has 2 heteroatoms. The van der Waals surface area contributed by atoms with Gasteiger partial charge in [0.1, 0.15) is 0 Å². The first-order chi connectivity index (χ1) is 15.3. The summed E-state index contributed by atoms with van der Waals surface area (Å²) < 4.78 is 2.19. The SMILES string of the molecule is N#Cc1ccc(-c2ccc(-n3cc(-c4ccccc4)c(-c4ccccc4)c3)cc2)cc1. The van der Waals surface area contributed by atoms with Crippen molar-refractivity contribution >= 4 is 0 Å². The minimum atomic E-state index is 0.676. The first-order valence-corrected chi connectivity index (χ1v) is 10.3. The Morgan fingerprint density at radius 1 is 0.484 bits per heavy atom. The highest BCUT2D eigenvalue weighted by Gasteiger charge is 2.12. The van der Waals surface area contributed by atoms with Crippen LogP contribution in [0.15, 0.2) is 122 Å². The normalized spacial score (nSPS) is 10.5. The topological polar surface area (TPSA) is 28.7 Å². The summed E-state index contributed by atoms with van der Waals surface area (Å²) in [6, 6.07) is 39.4. The van der Waals surface area contributed by atoms with Crippen molar-refractivity contribution in [3.8, 4) is 45.1 Å². The van der Waals surface area contributed by atoms with E-state index >= 15 is 0 Å². The summed E-state index contributed by atoms with van der Waals surface area (Å²) >= 11 is 0. The molecule has 31 heavy (non-hydrogen) atoms. The zero-order chi connectivity index (χ0) is 21.0. The molecule has 0 aliphatic rings. The second kappa shape index (κ2) is 8.18. The van der Waals surface area contributed by atoms with Crippen LogP contribution in [0.2, 0.25) is 0 Å². The van der Waals surface area contributed by atoms with Gasteiger partial charge in [-0.3, -0.25) is 0 Å². The van der Waals surface area contributed by atoms with Crippen molar-refractivity contribution in [2.24, 2.45) is 0 Å². The summed E-state index contributed by atoms with van der Waals surface area (Å²) in [6.45, 7) is 0. The van der Waals surface area contributed by atoms with Crippen molar-refractivity contribution in [2.75, 3.05) is 0 Å². The van der Waals surface area contributed by atoms with E-state index in [1.807, 2.05) is 36.4 Å². The Labute approximate surface area is 182 Å². The summed E-state index contributed by atoms with van der Waals surface area (Å²) in [7, 11) is 0. The fourth-order valence-electron chi connectivity index (χ4n) is 3.86. The van der Waals surface area contributed by atoms with Crippen LogP contribution >= 0.6 is 0 Å². The molecule has 1 aromatic heterocycles. The van der Waals surface area contributed by atoms with Crippen molar-refractivity contribution in [1.29, 1.82) is 5.26 Å². The second-order valence-corrected chi connectivity index (χ2v) is 7.46. The molecule has 0 spiro atoms. The molecular weight excluding hydrogens is 376 g/mol. The molecule has 2 nitrogen and oxygen atoms in total. The number of hydrogen-bond acceptors (Lipinski definition) is 1. The van der Waals surface area contributed by atoms with E-state index in [2.05, 4.69) is 95.8 Å². The van der Waals surface area contributed by atoms with Crippen LogP contribution in [0, 0.1) is 11.3 Å². The smallest absolute Gasteiger partial charge is 0.0991 e. The van der Waals surface area contributed by atoms with E-state index in [1.54, 1.807) is 0 Å². The summed E-state index contributed by atoms with van der Waals surface area (Å²) in [6.07, 6.45) is 4.41. The first kappa shape index (κ1) is 18.7. The maximum absolute atomic E-state index is 9.00. The molecular formula is C29H20N2. The van der Waals surface area contributed by atoms with Gasteiger partial charge in [-0.1, -0.05) is 84.9 Å². The van der Waals surface area contributed by atoms with Crippen LogP contribution < -0.4 is 0 Å². The molecule has 0 saturated heterocycles. The van der Waals surface area contributed by atoms with Gasteiger partial charge in [0.25, 0.3) is 0 Å². The van der Waals surface area contributed by atoms with Gasteiger partial charge in [0.2, 0.25) is 0 Å². The fraction of sp³-hybridized carbons (Fsp3) is 0. The van der Waals surface area contributed by atoms with E-state index in [0.29, 0.717) is 5.56 Å². The van der Waals surface area contributed by atoms with E-state index < -0.39 is 0 Å². The lowest BCUT2D eigenvalue weighted by Gasteiger charge is -2.06. The minimum Gasteiger partial charge on any atom is -0.323 e. The van der Waals surface area contributed by atoms with Gasteiger partial charge in [-0.15, -0.1) is 0 Å². The predicted octanol–water partition coefficient (Wildman–Crippen LogP) is 7.35. The number of benzene rings is 4. The standard InChI is InChI=1S/C29H20N2/c30-19-22-11-13-23(14-12-22)24-15-17-27(18-16-24)31-20-28(25-7-3-1-4-8-25)29(21-31)26-9-5-2-6-10-26/h1-18,20-21H. The molecule has 0 aliphatic heterocycles. The van der Waals surface area contributed by atoms with Gasteiger partial charge in [0, 0.05) is 29.2 Å². The lowest BCUT2D eigenvalue weighted by atomic mass is 9.99. The molecule has 5 aromatic rings. The lowest BCUT2D eigenvalue weighted by Crippen LogP contribution is -1.89. The molecule has 0 unspecified atom stereocenters. The highest BCUT2D eigenvalue weighted by Crippen LogP contribution is 2.34. The average Bonchev–Trinajstić information content (AvgIpc) is 3.31. The van der Waals surface area contributed by atoms with E-state index in [-0.39, 0.29) is 0 Å². The molecule has 1 heterocycles.